The van der Waals surface area contributed by atoms with Crippen LogP contribution in [-0.2, 0) is 4.79 Å². The molecule has 0 unspecified atom stereocenters. The van der Waals surface area contributed by atoms with Crippen molar-refractivity contribution in [1.29, 1.82) is 0 Å². The van der Waals surface area contributed by atoms with Crippen LogP contribution in [0.5, 0.6) is 5.75 Å². The summed E-state index contributed by atoms with van der Waals surface area (Å²) >= 11 is 0. The first-order chi connectivity index (χ1) is 9.97. The predicted octanol–water partition coefficient (Wildman–Crippen LogP) is 3.94. The lowest BCUT2D eigenvalue weighted by Gasteiger charge is -2.12. The second-order valence-corrected chi connectivity index (χ2v) is 5.36. The first-order valence-corrected chi connectivity index (χ1v) is 7.03. The van der Waals surface area contributed by atoms with Crippen molar-refractivity contribution in [3.8, 4) is 5.75 Å². The van der Waals surface area contributed by atoms with E-state index in [1.54, 1.807) is 0 Å². The third-order valence-corrected chi connectivity index (χ3v) is 3.55. The highest BCUT2D eigenvalue weighted by molar-refractivity contribution is 5.92. The minimum absolute atomic E-state index is 0.0125. The number of para-hydroxylation sites is 1. The number of hydrogen-bond donors (Lipinski definition) is 1. The molecule has 1 N–H and O–H groups in total. The summed E-state index contributed by atoms with van der Waals surface area (Å²) < 4.78 is 5.64. The Bertz CT molecular complexity index is 642. The Morgan fingerprint density at radius 3 is 2.24 bits per heavy atom. The molecule has 0 saturated carbocycles. The van der Waals surface area contributed by atoms with E-state index in [0.717, 1.165) is 28.1 Å². The van der Waals surface area contributed by atoms with E-state index in [2.05, 4.69) is 5.32 Å². The highest BCUT2D eigenvalue weighted by atomic mass is 16.5. The molecule has 3 nitrogen and oxygen atoms in total. The van der Waals surface area contributed by atoms with E-state index in [-0.39, 0.29) is 12.5 Å². The average molecular weight is 283 g/mol. The molecule has 2 aromatic carbocycles. The fraction of sp³-hybridized carbons (Fsp3) is 0.278. The lowest BCUT2D eigenvalue weighted by molar-refractivity contribution is -0.118. The highest BCUT2D eigenvalue weighted by Gasteiger charge is 2.08. The number of nitrogens with one attached hydrogen (secondary N) is 1. The summed E-state index contributed by atoms with van der Waals surface area (Å²) in [7, 11) is 0. The van der Waals surface area contributed by atoms with Crippen molar-refractivity contribution >= 4 is 11.6 Å². The van der Waals surface area contributed by atoms with Gasteiger partial charge in [0.05, 0.1) is 0 Å². The van der Waals surface area contributed by atoms with Gasteiger partial charge in [0, 0.05) is 5.69 Å². The van der Waals surface area contributed by atoms with E-state index in [4.69, 9.17) is 4.74 Å². The van der Waals surface area contributed by atoms with Gasteiger partial charge in [0.25, 0.3) is 5.91 Å². The van der Waals surface area contributed by atoms with Gasteiger partial charge in [-0.1, -0.05) is 24.3 Å². The van der Waals surface area contributed by atoms with Crippen molar-refractivity contribution in [2.24, 2.45) is 0 Å². The normalized spacial score (nSPS) is 10.3. The molecule has 0 atom stereocenters. The molecule has 0 heterocycles. The second kappa shape index (κ2) is 6.44. The van der Waals surface area contributed by atoms with E-state index >= 15 is 0 Å². The SMILES string of the molecule is Cc1ccc(NC(=O)COc2c(C)cccc2C)cc1C. The molecule has 1 amide bonds. The van der Waals surface area contributed by atoms with Crippen LogP contribution in [-0.4, -0.2) is 12.5 Å². The molecular formula is C18H21NO2. The van der Waals surface area contributed by atoms with Crippen molar-refractivity contribution in [2.45, 2.75) is 27.7 Å². The Morgan fingerprint density at radius 1 is 0.952 bits per heavy atom. The molecule has 0 aromatic heterocycles. The summed E-state index contributed by atoms with van der Waals surface area (Å²) in [6.07, 6.45) is 0. The van der Waals surface area contributed by atoms with Gasteiger partial charge in [-0.15, -0.1) is 0 Å². The van der Waals surface area contributed by atoms with Gasteiger partial charge in [0.15, 0.2) is 6.61 Å². The molecule has 2 aromatic rings. The van der Waals surface area contributed by atoms with Gasteiger partial charge < -0.3 is 10.1 Å². The van der Waals surface area contributed by atoms with Crippen molar-refractivity contribution in [3.63, 3.8) is 0 Å². The fourth-order valence-electron chi connectivity index (χ4n) is 2.18. The summed E-state index contributed by atoms with van der Waals surface area (Å²) in [4.78, 5) is 12.0. The highest BCUT2D eigenvalue weighted by Crippen LogP contribution is 2.22. The number of rotatable bonds is 4. The molecule has 0 aliphatic rings. The molecule has 110 valence electrons. The topological polar surface area (TPSA) is 38.3 Å². The third kappa shape index (κ3) is 3.85. The first-order valence-electron chi connectivity index (χ1n) is 7.03. The summed E-state index contributed by atoms with van der Waals surface area (Å²) in [6, 6.07) is 11.8. The summed E-state index contributed by atoms with van der Waals surface area (Å²) in [5.41, 5.74) is 5.24. The van der Waals surface area contributed by atoms with Gasteiger partial charge in [-0.2, -0.15) is 0 Å². The molecule has 0 bridgehead atoms. The second-order valence-electron chi connectivity index (χ2n) is 5.36. The van der Waals surface area contributed by atoms with E-state index in [0.29, 0.717) is 0 Å². The number of benzene rings is 2. The summed E-state index contributed by atoms with van der Waals surface area (Å²) in [5, 5.41) is 2.86. The number of carbonyl (C=O) groups excluding carboxylic acids is 1. The van der Waals surface area contributed by atoms with Crippen LogP contribution in [0.25, 0.3) is 0 Å². The lowest BCUT2D eigenvalue weighted by atomic mass is 10.1. The molecule has 3 heteroatoms. The Morgan fingerprint density at radius 2 is 1.62 bits per heavy atom. The maximum absolute atomic E-state index is 12.0. The quantitative estimate of drug-likeness (QED) is 0.923. The largest absolute Gasteiger partial charge is 0.483 e. The third-order valence-electron chi connectivity index (χ3n) is 3.55. The number of hydrogen-bond acceptors (Lipinski definition) is 2. The Labute approximate surface area is 126 Å². The average Bonchev–Trinajstić information content (AvgIpc) is 2.42. The van der Waals surface area contributed by atoms with Gasteiger partial charge in [0.1, 0.15) is 5.75 Å². The monoisotopic (exact) mass is 283 g/mol. The van der Waals surface area contributed by atoms with Crippen LogP contribution in [0.2, 0.25) is 0 Å². The van der Waals surface area contributed by atoms with Crippen LogP contribution in [0.4, 0.5) is 5.69 Å². The van der Waals surface area contributed by atoms with E-state index < -0.39 is 0 Å². The zero-order valence-corrected chi connectivity index (χ0v) is 13.0. The van der Waals surface area contributed by atoms with Gasteiger partial charge in [0.2, 0.25) is 0 Å². The van der Waals surface area contributed by atoms with Crippen LogP contribution in [0.15, 0.2) is 36.4 Å². The smallest absolute Gasteiger partial charge is 0.262 e. The van der Waals surface area contributed by atoms with Crippen LogP contribution in [0.1, 0.15) is 22.3 Å². The maximum Gasteiger partial charge on any atom is 0.262 e. The standard InChI is InChI=1S/C18H21NO2/c1-12-8-9-16(10-15(12)4)19-17(20)11-21-18-13(2)6-5-7-14(18)3/h5-10H,11H2,1-4H3,(H,19,20). The van der Waals surface area contributed by atoms with Gasteiger partial charge in [-0.3, -0.25) is 4.79 Å². The molecule has 21 heavy (non-hydrogen) atoms. The zero-order chi connectivity index (χ0) is 15.4. The molecule has 0 fully saturated rings. The van der Waals surface area contributed by atoms with Gasteiger partial charge in [-0.05, 0) is 62.1 Å². The van der Waals surface area contributed by atoms with E-state index in [9.17, 15) is 4.79 Å². The Balaban J connectivity index is 1.97. The van der Waals surface area contributed by atoms with Crippen LogP contribution < -0.4 is 10.1 Å². The molecule has 2 rings (SSSR count). The molecule has 0 saturated heterocycles. The number of anilines is 1. The van der Waals surface area contributed by atoms with Crippen LogP contribution in [0.3, 0.4) is 0 Å². The molecule has 0 spiro atoms. The van der Waals surface area contributed by atoms with E-state index in [1.165, 1.54) is 5.56 Å². The predicted molar refractivity (Wildman–Crippen MR) is 86.0 cm³/mol. The number of aryl methyl sites for hydroxylation is 4. The van der Waals surface area contributed by atoms with Crippen molar-refractivity contribution in [2.75, 3.05) is 11.9 Å². The van der Waals surface area contributed by atoms with Crippen molar-refractivity contribution in [1.82, 2.24) is 0 Å². The molecule has 0 aliphatic carbocycles. The maximum atomic E-state index is 12.0. The van der Waals surface area contributed by atoms with Gasteiger partial charge >= 0.3 is 0 Å². The van der Waals surface area contributed by atoms with Crippen LogP contribution >= 0.6 is 0 Å². The first kappa shape index (κ1) is 15.1. The number of carbonyl (C=O) groups is 1. The molecule has 0 radical (unpaired) electrons. The lowest BCUT2D eigenvalue weighted by Crippen LogP contribution is -2.20. The van der Waals surface area contributed by atoms with Crippen molar-refractivity contribution in [3.05, 3.63) is 58.7 Å². The van der Waals surface area contributed by atoms with E-state index in [1.807, 2.05) is 64.1 Å². The Hall–Kier alpha value is -2.29. The fourth-order valence-corrected chi connectivity index (χ4v) is 2.18. The number of amides is 1. The van der Waals surface area contributed by atoms with Crippen molar-refractivity contribution < 1.29 is 9.53 Å². The molecule has 0 aliphatic heterocycles. The minimum atomic E-state index is -0.152. The molecular weight excluding hydrogens is 262 g/mol. The summed E-state index contributed by atoms with van der Waals surface area (Å²) in [6.45, 7) is 8.04. The minimum Gasteiger partial charge on any atom is -0.483 e. The van der Waals surface area contributed by atoms with Crippen LogP contribution in [0, 0.1) is 27.7 Å². The zero-order valence-electron chi connectivity index (χ0n) is 13.0. The van der Waals surface area contributed by atoms with Gasteiger partial charge in [-0.25, -0.2) is 0 Å². The number of ether oxygens (including phenoxy) is 1. The summed E-state index contributed by atoms with van der Waals surface area (Å²) in [5.74, 6) is 0.633. The Kier molecular flexibility index (Phi) is 4.63.